The van der Waals surface area contributed by atoms with Gasteiger partial charge < -0.3 is 29.3 Å². The molecule has 4 rings (SSSR count). The van der Waals surface area contributed by atoms with Crippen LogP contribution in [0.1, 0.15) is 26.3 Å². The zero-order valence-electron chi connectivity index (χ0n) is 23.4. The highest BCUT2D eigenvalue weighted by Gasteiger charge is 2.33. The Morgan fingerprint density at radius 1 is 0.976 bits per heavy atom. The van der Waals surface area contributed by atoms with E-state index in [1.165, 1.54) is 49.9 Å². The van der Waals surface area contributed by atoms with Gasteiger partial charge in [-0.25, -0.2) is 9.18 Å². The zero-order valence-corrected chi connectivity index (χ0v) is 23.4. The molecule has 0 aliphatic carbocycles. The first-order chi connectivity index (χ1) is 20.0. The third-order valence-electron chi connectivity index (χ3n) is 6.52. The van der Waals surface area contributed by atoms with Crippen molar-refractivity contribution in [2.75, 3.05) is 49.1 Å². The number of carbonyl (C=O) groups is 5. The molecule has 1 atom stereocenters. The summed E-state index contributed by atoms with van der Waals surface area (Å²) < 4.78 is 30.5. The van der Waals surface area contributed by atoms with Crippen LogP contribution in [0.2, 0.25) is 0 Å². The van der Waals surface area contributed by atoms with Crippen molar-refractivity contribution in [3.63, 3.8) is 0 Å². The highest BCUT2D eigenvalue weighted by Crippen LogP contribution is 2.30. The number of nitrogens with zero attached hydrogens (tertiary/aromatic N) is 3. The first kappa shape index (κ1) is 30.0. The van der Waals surface area contributed by atoms with Gasteiger partial charge in [0, 0.05) is 53.0 Å². The Bertz CT molecular complexity index is 1420. The molecule has 2 aromatic rings. The fourth-order valence-corrected chi connectivity index (χ4v) is 4.56. The van der Waals surface area contributed by atoms with Gasteiger partial charge in [-0.05, 0) is 42.0 Å². The molecule has 2 aliphatic rings. The van der Waals surface area contributed by atoms with Crippen LogP contribution in [0, 0.1) is 5.82 Å². The normalized spacial score (nSPS) is 16.8. The van der Waals surface area contributed by atoms with Crippen molar-refractivity contribution in [1.29, 1.82) is 0 Å². The van der Waals surface area contributed by atoms with Crippen molar-refractivity contribution < 1.29 is 42.6 Å². The van der Waals surface area contributed by atoms with E-state index in [0.717, 1.165) is 0 Å². The van der Waals surface area contributed by atoms with Crippen LogP contribution in [0.3, 0.4) is 0 Å². The molecular formula is C29H31FN4O8. The first-order valence-corrected chi connectivity index (χ1v) is 13.2. The number of carbonyl (C=O) groups excluding carboxylic acids is 5. The van der Waals surface area contributed by atoms with Crippen LogP contribution < -0.4 is 24.6 Å². The average Bonchev–Trinajstić information content (AvgIpc) is 3.31. The lowest BCUT2D eigenvalue weighted by Gasteiger charge is -2.36. The van der Waals surface area contributed by atoms with Gasteiger partial charge in [0.05, 0.1) is 24.5 Å². The molecule has 13 heteroatoms. The molecule has 2 heterocycles. The molecule has 0 bridgehead atoms. The number of amides is 3. The van der Waals surface area contributed by atoms with Crippen LogP contribution in [0.4, 0.5) is 20.6 Å². The summed E-state index contributed by atoms with van der Waals surface area (Å²) in [7, 11) is 0. The number of cyclic esters (lactones) is 1. The van der Waals surface area contributed by atoms with Crippen molar-refractivity contribution in [2.45, 2.75) is 26.9 Å². The highest BCUT2D eigenvalue weighted by atomic mass is 19.1. The number of halogens is 1. The molecule has 42 heavy (non-hydrogen) atoms. The van der Waals surface area contributed by atoms with Crippen molar-refractivity contribution >= 4 is 47.3 Å². The Morgan fingerprint density at radius 2 is 1.67 bits per heavy atom. The van der Waals surface area contributed by atoms with Crippen molar-refractivity contribution in [1.82, 2.24) is 10.2 Å². The van der Waals surface area contributed by atoms with Gasteiger partial charge in [0.1, 0.15) is 11.9 Å². The number of hydrogen-bond acceptors (Lipinski definition) is 9. The number of piperazine rings is 1. The second-order valence-corrected chi connectivity index (χ2v) is 9.73. The minimum Gasteiger partial charge on any atom is -0.442 e. The Hall–Kier alpha value is -4.94. The van der Waals surface area contributed by atoms with Crippen molar-refractivity contribution in [3.05, 3.63) is 53.9 Å². The molecule has 3 amide bonds. The lowest BCUT2D eigenvalue weighted by atomic mass is 10.1. The molecule has 2 fully saturated rings. The van der Waals surface area contributed by atoms with Gasteiger partial charge in [-0.3, -0.25) is 24.1 Å². The zero-order chi connectivity index (χ0) is 30.4. The summed E-state index contributed by atoms with van der Waals surface area (Å²) in [4.78, 5) is 63.7. The van der Waals surface area contributed by atoms with Gasteiger partial charge in [-0.2, -0.15) is 0 Å². The number of esters is 2. The summed E-state index contributed by atoms with van der Waals surface area (Å²) in [6.45, 7) is 5.69. The van der Waals surface area contributed by atoms with E-state index in [4.69, 9.17) is 14.2 Å². The van der Waals surface area contributed by atoms with E-state index >= 15 is 4.39 Å². The van der Waals surface area contributed by atoms with Gasteiger partial charge in [-0.15, -0.1) is 0 Å². The topological polar surface area (TPSA) is 135 Å². The Morgan fingerprint density at radius 3 is 2.31 bits per heavy atom. The van der Waals surface area contributed by atoms with E-state index < -0.39 is 30.0 Å². The maximum atomic E-state index is 15.1. The lowest BCUT2D eigenvalue weighted by molar-refractivity contribution is -0.134. The molecule has 2 aliphatic heterocycles. The molecule has 12 nitrogen and oxygen atoms in total. The van der Waals surface area contributed by atoms with Crippen LogP contribution in [0.5, 0.6) is 11.5 Å². The number of hydrogen-bond donors (Lipinski definition) is 1. The maximum Gasteiger partial charge on any atom is 0.414 e. The SMILES string of the molecule is CC(=O)NC[C@H]1CN(c2ccc(N3CCN(C(=O)/C=C/c4ccc(OC(C)=O)c(OC(C)=O)c4)CC3)c(F)c2)C(=O)O1. The fourth-order valence-electron chi connectivity index (χ4n) is 4.56. The minimum absolute atomic E-state index is 0.0559. The third-order valence-corrected chi connectivity index (χ3v) is 6.52. The molecule has 1 N–H and O–H groups in total. The number of ether oxygens (including phenoxy) is 3. The number of benzene rings is 2. The predicted octanol–water partition coefficient (Wildman–Crippen LogP) is 2.50. The Labute approximate surface area is 241 Å². The average molecular weight is 583 g/mol. The molecule has 0 unspecified atom stereocenters. The van der Waals surface area contributed by atoms with Crippen LogP contribution in [0.15, 0.2) is 42.5 Å². The summed E-state index contributed by atoms with van der Waals surface area (Å²) in [5.74, 6) is -2.00. The predicted molar refractivity (Wildman–Crippen MR) is 150 cm³/mol. The Balaban J connectivity index is 1.34. The molecule has 0 spiro atoms. The summed E-state index contributed by atoms with van der Waals surface area (Å²) in [5, 5.41) is 2.60. The third kappa shape index (κ3) is 7.62. The molecule has 0 saturated carbocycles. The second kappa shape index (κ2) is 13.1. The van der Waals surface area contributed by atoms with E-state index in [1.807, 2.05) is 4.90 Å². The first-order valence-electron chi connectivity index (χ1n) is 13.2. The molecule has 222 valence electrons. The van der Waals surface area contributed by atoms with Crippen LogP contribution >= 0.6 is 0 Å². The standard InChI is InChI=1S/C29H31FN4O8/c1-18(35)31-16-23-17-34(29(39)42-23)22-6-7-25(24(30)15-22)32-10-12-33(13-11-32)28(38)9-5-21-4-8-26(40-19(2)36)27(14-21)41-20(3)37/h4-9,14-15,23H,10-13,16-17H2,1-3H3,(H,31,35)/b9-5+/t23-/m0/s1. The van der Waals surface area contributed by atoms with Gasteiger partial charge in [0.2, 0.25) is 11.8 Å². The van der Waals surface area contributed by atoms with E-state index in [2.05, 4.69) is 5.32 Å². The lowest BCUT2D eigenvalue weighted by Crippen LogP contribution is -2.48. The summed E-state index contributed by atoms with van der Waals surface area (Å²) in [6, 6.07) is 9.07. The second-order valence-electron chi connectivity index (χ2n) is 9.73. The van der Waals surface area contributed by atoms with Crippen LogP contribution in [-0.2, 0) is 23.9 Å². The van der Waals surface area contributed by atoms with Crippen molar-refractivity contribution in [3.8, 4) is 11.5 Å². The van der Waals surface area contributed by atoms with E-state index in [9.17, 15) is 24.0 Å². The number of rotatable bonds is 8. The molecule has 2 saturated heterocycles. The molecule has 2 aromatic carbocycles. The maximum absolute atomic E-state index is 15.1. The van der Waals surface area contributed by atoms with E-state index in [-0.39, 0.29) is 36.4 Å². The molecular weight excluding hydrogens is 551 g/mol. The van der Waals surface area contributed by atoms with Gasteiger partial charge in [-0.1, -0.05) is 6.07 Å². The van der Waals surface area contributed by atoms with Gasteiger partial charge in [0.25, 0.3) is 0 Å². The van der Waals surface area contributed by atoms with Gasteiger partial charge >= 0.3 is 18.0 Å². The Kier molecular flexibility index (Phi) is 9.40. The monoisotopic (exact) mass is 582 g/mol. The fraction of sp³-hybridized carbons (Fsp3) is 0.345. The number of nitrogens with one attached hydrogen (secondary N) is 1. The largest absolute Gasteiger partial charge is 0.442 e. The van der Waals surface area contributed by atoms with E-state index in [1.54, 1.807) is 29.2 Å². The van der Waals surface area contributed by atoms with Crippen LogP contribution in [0.25, 0.3) is 6.08 Å². The summed E-state index contributed by atoms with van der Waals surface area (Å²) in [6.07, 6.45) is 1.81. The smallest absolute Gasteiger partial charge is 0.414 e. The summed E-state index contributed by atoms with van der Waals surface area (Å²) in [5.41, 5.74) is 1.26. The minimum atomic E-state index is -0.611. The van der Waals surface area contributed by atoms with E-state index in [0.29, 0.717) is 43.1 Å². The van der Waals surface area contributed by atoms with Crippen molar-refractivity contribution in [2.24, 2.45) is 0 Å². The molecule has 0 radical (unpaired) electrons. The quantitative estimate of drug-likeness (QED) is 0.283. The summed E-state index contributed by atoms with van der Waals surface area (Å²) >= 11 is 0. The molecule has 0 aromatic heterocycles. The van der Waals surface area contributed by atoms with Crippen LogP contribution in [-0.4, -0.2) is 80.1 Å². The number of anilines is 2. The highest BCUT2D eigenvalue weighted by molar-refractivity contribution is 5.92. The van der Waals surface area contributed by atoms with Gasteiger partial charge in [0.15, 0.2) is 11.5 Å².